The predicted octanol–water partition coefficient (Wildman–Crippen LogP) is 7.42. The zero-order valence-electron chi connectivity index (χ0n) is 19.9. The summed E-state index contributed by atoms with van der Waals surface area (Å²) < 4.78 is 0. The predicted molar refractivity (Wildman–Crippen MR) is 142 cm³/mol. The number of para-hydroxylation sites is 1. The molecule has 0 bridgehead atoms. The van der Waals surface area contributed by atoms with Crippen LogP contribution in [0.15, 0.2) is 76.5 Å². The van der Waals surface area contributed by atoms with Crippen molar-refractivity contribution >= 4 is 46.0 Å². The van der Waals surface area contributed by atoms with Crippen LogP contribution in [0.5, 0.6) is 0 Å². The van der Waals surface area contributed by atoms with E-state index >= 15 is 0 Å². The molecule has 1 aromatic heterocycles. The van der Waals surface area contributed by atoms with E-state index in [2.05, 4.69) is 6.92 Å². The van der Waals surface area contributed by atoms with Crippen LogP contribution in [-0.4, -0.2) is 21.0 Å². The van der Waals surface area contributed by atoms with Crippen LogP contribution >= 0.6 is 11.8 Å². The number of aromatic nitrogens is 1. The van der Waals surface area contributed by atoms with Crippen LogP contribution in [0.3, 0.4) is 0 Å². The van der Waals surface area contributed by atoms with E-state index in [0.717, 1.165) is 21.6 Å². The Labute approximate surface area is 212 Å². The molecule has 1 aliphatic carbocycles. The minimum atomic E-state index is -0.966. The Hall–Kier alpha value is -3.97. The number of aryl methyl sites for hydroxylation is 1. The van der Waals surface area contributed by atoms with Crippen molar-refractivity contribution < 1.29 is 14.8 Å². The summed E-state index contributed by atoms with van der Waals surface area (Å²) in [5.74, 6) is -0.748. The van der Waals surface area contributed by atoms with Crippen molar-refractivity contribution in [2.75, 3.05) is 0 Å². The largest absolute Gasteiger partial charge is 0.478 e. The van der Waals surface area contributed by atoms with Crippen molar-refractivity contribution in [3.8, 4) is 0 Å². The van der Waals surface area contributed by atoms with Gasteiger partial charge in [-0.3, -0.25) is 10.1 Å². The molecular weight excluding hydrogens is 472 g/mol. The van der Waals surface area contributed by atoms with Crippen molar-refractivity contribution in [2.24, 2.45) is 5.92 Å². The zero-order valence-corrected chi connectivity index (χ0v) is 20.7. The molecule has 0 amide bonds. The molecule has 1 unspecified atom stereocenters. The summed E-state index contributed by atoms with van der Waals surface area (Å²) in [6, 6.07) is 20.4. The Morgan fingerprint density at radius 1 is 1.11 bits per heavy atom. The van der Waals surface area contributed by atoms with Gasteiger partial charge in [0.05, 0.1) is 26.6 Å². The van der Waals surface area contributed by atoms with Crippen LogP contribution in [0.4, 0.5) is 5.69 Å². The van der Waals surface area contributed by atoms with E-state index in [4.69, 9.17) is 4.98 Å². The Morgan fingerprint density at radius 2 is 1.86 bits per heavy atom. The molecule has 0 saturated carbocycles. The molecule has 0 radical (unpaired) electrons. The summed E-state index contributed by atoms with van der Waals surface area (Å²) in [5, 5.41) is 22.6. The lowest BCUT2D eigenvalue weighted by Crippen LogP contribution is -2.17. The first-order chi connectivity index (χ1) is 17.3. The minimum Gasteiger partial charge on any atom is -0.478 e. The van der Waals surface area contributed by atoms with Crippen LogP contribution in [0.1, 0.15) is 46.1 Å². The number of aromatic carboxylic acids is 1. The standard InChI is InChI=1S/C29H24N2O4S/c1-17-7-10-21(11-8-17)36-26-12-9-19(16-25(26)31(34)35)15-20-13-18(2)14-23-27(29(32)33)22-5-3-4-6-24(22)30-28(20)23/h3-12,15-16,18H,13-14H2,1-2H3,(H,32,33). The first-order valence-electron chi connectivity index (χ1n) is 11.7. The number of rotatable bonds is 5. The smallest absolute Gasteiger partial charge is 0.336 e. The van der Waals surface area contributed by atoms with Gasteiger partial charge in [0.1, 0.15) is 0 Å². The highest BCUT2D eigenvalue weighted by Gasteiger charge is 2.28. The molecule has 3 aromatic carbocycles. The number of allylic oxidation sites excluding steroid dienone is 1. The number of carboxylic acids is 1. The lowest BCUT2D eigenvalue weighted by molar-refractivity contribution is -0.387. The number of nitro groups is 1. The number of carbonyl (C=O) groups is 1. The Bertz CT molecular complexity index is 1540. The van der Waals surface area contributed by atoms with Gasteiger partial charge in [-0.25, -0.2) is 9.78 Å². The van der Waals surface area contributed by atoms with E-state index in [0.29, 0.717) is 45.5 Å². The van der Waals surface area contributed by atoms with Crippen molar-refractivity contribution in [1.29, 1.82) is 0 Å². The fourth-order valence-electron chi connectivity index (χ4n) is 4.77. The Balaban J connectivity index is 1.60. The monoisotopic (exact) mass is 496 g/mol. The van der Waals surface area contributed by atoms with Crippen LogP contribution < -0.4 is 0 Å². The minimum absolute atomic E-state index is 0.0386. The average Bonchev–Trinajstić information content (AvgIpc) is 2.84. The van der Waals surface area contributed by atoms with Gasteiger partial charge in [-0.2, -0.15) is 0 Å². The number of hydrogen-bond acceptors (Lipinski definition) is 5. The van der Waals surface area contributed by atoms with E-state index in [1.807, 2.05) is 61.5 Å². The maximum absolute atomic E-state index is 12.3. The topological polar surface area (TPSA) is 93.3 Å². The molecule has 1 atom stereocenters. The summed E-state index contributed by atoms with van der Waals surface area (Å²) in [7, 11) is 0. The Morgan fingerprint density at radius 3 is 2.58 bits per heavy atom. The third-order valence-electron chi connectivity index (χ3n) is 6.40. The van der Waals surface area contributed by atoms with E-state index in [-0.39, 0.29) is 16.5 Å². The number of hydrogen-bond donors (Lipinski definition) is 1. The van der Waals surface area contributed by atoms with Crippen LogP contribution in [0, 0.1) is 23.0 Å². The number of fused-ring (bicyclic) bond motifs is 2. The summed E-state index contributed by atoms with van der Waals surface area (Å²) >= 11 is 1.36. The van der Waals surface area contributed by atoms with Crippen LogP contribution in [0.25, 0.3) is 22.6 Å². The van der Waals surface area contributed by atoms with Gasteiger partial charge in [0, 0.05) is 16.3 Å². The van der Waals surface area contributed by atoms with Crippen LogP contribution in [-0.2, 0) is 6.42 Å². The van der Waals surface area contributed by atoms with Crippen molar-refractivity contribution in [3.05, 3.63) is 105 Å². The number of nitrogens with zero attached hydrogens (tertiary/aromatic N) is 2. The van der Waals surface area contributed by atoms with Gasteiger partial charge in [0.15, 0.2) is 0 Å². The summed E-state index contributed by atoms with van der Waals surface area (Å²) in [6.45, 7) is 4.09. The third-order valence-corrected chi connectivity index (χ3v) is 7.47. The van der Waals surface area contributed by atoms with E-state index in [1.165, 1.54) is 11.8 Å². The maximum atomic E-state index is 12.3. The maximum Gasteiger partial charge on any atom is 0.336 e. The second kappa shape index (κ2) is 9.59. The number of nitro benzene ring substituents is 1. The lowest BCUT2D eigenvalue weighted by Gasteiger charge is -2.26. The van der Waals surface area contributed by atoms with E-state index < -0.39 is 5.97 Å². The SMILES string of the molecule is Cc1ccc(Sc2ccc(C=C3CC(C)Cc4c3nc3ccccc3c4C(=O)O)cc2[N+](=O)[O-])cc1. The second-order valence-electron chi connectivity index (χ2n) is 9.22. The van der Waals surface area contributed by atoms with Gasteiger partial charge >= 0.3 is 5.97 Å². The van der Waals surface area contributed by atoms with E-state index in [1.54, 1.807) is 18.2 Å². The van der Waals surface area contributed by atoms with Gasteiger partial charge < -0.3 is 5.11 Å². The summed E-state index contributed by atoms with van der Waals surface area (Å²) in [6.07, 6.45) is 3.25. The molecule has 6 nitrogen and oxygen atoms in total. The lowest BCUT2D eigenvalue weighted by atomic mass is 9.80. The molecule has 4 aromatic rings. The third kappa shape index (κ3) is 4.62. The normalized spacial score (nSPS) is 16.2. The molecule has 0 aliphatic heterocycles. The Kier molecular flexibility index (Phi) is 6.33. The zero-order chi connectivity index (χ0) is 25.4. The van der Waals surface area contributed by atoms with Crippen LogP contribution in [0.2, 0.25) is 0 Å². The van der Waals surface area contributed by atoms with E-state index in [9.17, 15) is 20.0 Å². The molecule has 0 saturated heterocycles. The molecule has 1 aliphatic rings. The highest BCUT2D eigenvalue weighted by atomic mass is 32.2. The number of benzene rings is 3. The second-order valence-corrected chi connectivity index (χ2v) is 10.3. The van der Waals surface area contributed by atoms with Crippen molar-refractivity contribution in [2.45, 2.75) is 36.5 Å². The molecular formula is C29H24N2O4S. The average molecular weight is 497 g/mol. The molecule has 36 heavy (non-hydrogen) atoms. The van der Waals surface area contributed by atoms with Gasteiger partial charge in [0.2, 0.25) is 0 Å². The summed E-state index contributed by atoms with van der Waals surface area (Å²) in [5.41, 5.74) is 5.08. The summed E-state index contributed by atoms with van der Waals surface area (Å²) in [4.78, 5) is 30.2. The molecule has 7 heteroatoms. The van der Waals surface area contributed by atoms with Gasteiger partial charge in [-0.15, -0.1) is 0 Å². The molecule has 0 fully saturated rings. The number of pyridine rings is 1. The molecule has 180 valence electrons. The first kappa shape index (κ1) is 23.8. The highest BCUT2D eigenvalue weighted by Crippen LogP contribution is 2.40. The highest BCUT2D eigenvalue weighted by molar-refractivity contribution is 7.99. The van der Waals surface area contributed by atoms with Gasteiger partial charge in [-0.1, -0.05) is 60.6 Å². The molecule has 0 spiro atoms. The van der Waals surface area contributed by atoms with Crippen molar-refractivity contribution in [3.63, 3.8) is 0 Å². The van der Waals surface area contributed by atoms with Gasteiger partial charge in [0.25, 0.3) is 5.69 Å². The molecule has 5 rings (SSSR count). The number of carboxylic acid groups (broad SMARTS) is 1. The fraction of sp³-hybridized carbons (Fsp3) is 0.172. The fourth-order valence-corrected chi connectivity index (χ4v) is 5.67. The molecule has 1 N–H and O–H groups in total. The van der Waals surface area contributed by atoms with Gasteiger partial charge in [-0.05, 0) is 72.7 Å². The van der Waals surface area contributed by atoms with Crippen molar-refractivity contribution in [1.82, 2.24) is 4.98 Å². The molecule has 1 heterocycles. The quantitative estimate of drug-likeness (QED) is 0.228. The first-order valence-corrected chi connectivity index (χ1v) is 12.5.